The van der Waals surface area contributed by atoms with E-state index < -0.39 is 48.6 Å². The number of ether oxygens (including phenoxy) is 5. The Morgan fingerprint density at radius 3 is 2.08 bits per heavy atom. The maximum Gasteiger partial charge on any atom is 0.303 e. The third kappa shape index (κ3) is 6.04. The third-order valence-electron chi connectivity index (χ3n) is 3.15. The molecule has 1 aliphatic heterocycles. The molecule has 1 fully saturated rings. The van der Waals surface area contributed by atoms with E-state index in [0.717, 1.165) is 0 Å². The van der Waals surface area contributed by atoms with Crippen LogP contribution in [0.3, 0.4) is 0 Å². The molecular formula is C14H24N2O8. The SMILES string of the molecule is CC(=O)OCC1OC(OCCN)C(N)C(OC(C)=O)C1OC(C)=O. The Labute approximate surface area is 139 Å². The number of hydrogen-bond donors (Lipinski definition) is 2. The molecule has 10 heteroatoms. The van der Waals surface area contributed by atoms with Gasteiger partial charge in [0.15, 0.2) is 18.5 Å². The second kappa shape index (κ2) is 9.52. The number of carbonyl (C=O) groups is 3. The molecule has 0 amide bonds. The quantitative estimate of drug-likeness (QED) is 0.408. The predicted molar refractivity (Wildman–Crippen MR) is 79.4 cm³/mol. The van der Waals surface area contributed by atoms with Gasteiger partial charge in [-0.2, -0.15) is 0 Å². The first-order valence-electron chi connectivity index (χ1n) is 7.46. The Morgan fingerprint density at radius 2 is 1.58 bits per heavy atom. The maximum absolute atomic E-state index is 11.4. The number of esters is 3. The lowest BCUT2D eigenvalue weighted by atomic mass is 9.97. The summed E-state index contributed by atoms with van der Waals surface area (Å²) >= 11 is 0. The summed E-state index contributed by atoms with van der Waals surface area (Å²) in [5.74, 6) is -1.78. The predicted octanol–water partition coefficient (Wildman–Crippen LogP) is -1.56. The molecule has 1 heterocycles. The summed E-state index contributed by atoms with van der Waals surface area (Å²) in [6, 6.07) is -0.918. The fourth-order valence-corrected chi connectivity index (χ4v) is 2.27. The first-order chi connectivity index (χ1) is 11.3. The topological polar surface area (TPSA) is 149 Å². The Kier molecular flexibility index (Phi) is 8.05. The third-order valence-corrected chi connectivity index (χ3v) is 3.15. The van der Waals surface area contributed by atoms with E-state index in [-0.39, 0.29) is 19.8 Å². The molecule has 4 N–H and O–H groups in total. The van der Waals surface area contributed by atoms with Crippen molar-refractivity contribution in [2.75, 3.05) is 19.8 Å². The molecule has 138 valence electrons. The maximum atomic E-state index is 11.4. The van der Waals surface area contributed by atoms with Crippen LogP contribution in [0.4, 0.5) is 0 Å². The normalized spacial score (nSPS) is 29.6. The van der Waals surface area contributed by atoms with Crippen LogP contribution in [0.2, 0.25) is 0 Å². The van der Waals surface area contributed by atoms with Crippen LogP contribution < -0.4 is 11.5 Å². The number of rotatable bonds is 7. The van der Waals surface area contributed by atoms with E-state index >= 15 is 0 Å². The van der Waals surface area contributed by atoms with Gasteiger partial charge < -0.3 is 35.2 Å². The van der Waals surface area contributed by atoms with Gasteiger partial charge in [0.1, 0.15) is 12.7 Å². The molecule has 5 atom stereocenters. The highest BCUT2D eigenvalue weighted by atomic mass is 16.7. The van der Waals surface area contributed by atoms with E-state index in [1.54, 1.807) is 0 Å². The average Bonchev–Trinajstić information content (AvgIpc) is 2.48. The highest BCUT2D eigenvalue weighted by Gasteiger charge is 2.49. The Morgan fingerprint density at radius 1 is 1.00 bits per heavy atom. The molecule has 5 unspecified atom stereocenters. The molecular weight excluding hydrogens is 324 g/mol. The number of carbonyl (C=O) groups excluding carboxylic acids is 3. The minimum Gasteiger partial charge on any atom is -0.463 e. The molecule has 1 aliphatic rings. The average molecular weight is 348 g/mol. The summed E-state index contributed by atoms with van der Waals surface area (Å²) in [6.45, 7) is 3.78. The molecule has 0 saturated carbocycles. The van der Waals surface area contributed by atoms with Crippen molar-refractivity contribution < 1.29 is 38.1 Å². The van der Waals surface area contributed by atoms with Crippen molar-refractivity contribution in [3.8, 4) is 0 Å². The molecule has 1 saturated heterocycles. The molecule has 0 aromatic heterocycles. The highest BCUT2D eigenvalue weighted by molar-refractivity contribution is 5.67. The van der Waals surface area contributed by atoms with E-state index in [1.807, 2.05) is 0 Å². The van der Waals surface area contributed by atoms with E-state index in [4.69, 9.17) is 35.2 Å². The lowest BCUT2D eigenvalue weighted by molar-refractivity contribution is -0.273. The molecule has 10 nitrogen and oxygen atoms in total. The minimum absolute atomic E-state index is 0.156. The Bertz CT molecular complexity index is 458. The second-order valence-corrected chi connectivity index (χ2v) is 5.23. The summed E-state index contributed by atoms with van der Waals surface area (Å²) in [4.78, 5) is 33.8. The molecule has 0 radical (unpaired) electrons. The van der Waals surface area contributed by atoms with Crippen LogP contribution in [0, 0.1) is 0 Å². The summed E-state index contributed by atoms with van der Waals surface area (Å²) in [5.41, 5.74) is 11.4. The second-order valence-electron chi connectivity index (χ2n) is 5.23. The summed E-state index contributed by atoms with van der Waals surface area (Å²) in [7, 11) is 0. The van der Waals surface area contributed by atoms with Gasteiger partial charge in [0, 0.05) is 27.3 Å². The van der Waals surface area contributed by atoms with Crippen LogP contribution in [0.15, 0.2) is 0 Å². The molecule has 0 aromatic rings. The van der Waals surface area contributed by atoms with Gasteiger partial charge in [0.05, 0.1) is 12.6 Å². The molecule has 0 aromatic carbocycles. The van der Waals surface area contributed by atoms with Gasteiger partial charge in [-0.3, -0.25) is 14.4 Å². The molecule has 24 heavy (non-hydrogen) atoms. The number of nitrogens with two attached hydrogens (primary N) is 2. The van der Waals surface area contributed by atoms with E-state index in [9.17, 15) is 14.4 Å². The zero-order valence-electron chi connectivity index (χ0n) is 13.9. The van der Waals surface area contributed by atoms with Crippen molar-refractivity contribution in [3.05, 3.63) is 0 Å². The van der Waals surface area contributed by atoms with Crippen molar-refractivity contribution >= 4 is 17.9 Å². The molecule has 0 spiro atoms. The molecule has 1 rings (SSSR count). The summed E-state index contributed by atoms with van der Waals surface area (Å²) < 4.78 is 26.3. The van der Waals surface area contributed by atoms with Crippen LogP contribution in [-0.4, -0.2) is 68.3 Å². The zero-order valence-corrected chi connectivity index (χ0v) is 13.9. The Hall–Kier alpha value is -1.75. The van der Waals surface area contributed by atoms with Crippen LogP contribution in [0.1, 0.15) is 20.8 Å². The van der Waals surface area contributed by atoms with E-state index in [2.05, 4.69) is 0 Å². The van der Waals surface area contributed by atoms with E-state index in [0.29, 0.717) is 0 Å². The van der Waals surface area contributed by atoms with Crippen molar-refractivity contribution in [3.63, 3.8) is 0 Å². The largest absolute Gasteiger partial charge is 0.463 e. The first-order valence-corrected chi connectivity index (χ1v) is 7.46. The fraction of sp³-hybridized carbons (Fsp3) is 0.786. The lowest BCUT2D eigenvalue weighted by Crippen LogP contribution is -2.65. The van der Waals surface area contributed by atoms with Crippen molar-refractivity contribution in [2.45, 2.75) is 51.4 Å². The standard InChI is InChI=1S/C14H24N2O8/c1-7(17)21-6-10-12(22-8(2)18)13(23-9(3)19)11(16)14(24-10)20-5-4-15/h10-14H,4-6,15-16H2,1-3H3. The molecule has 0 bridgehead atoms. The van der Waals surface area contributed by atoms with Crippen molar-refractivity contribution in [1.29, 1.82) is 0 Å². The summed E-state index contributed by atoms with van der Waals surface area (Å²) in [6.07, 6.45) is -3.95. The van der Waals surface area contributed by atoms with Crippen molar-refractivity contribution in [1.82, 2.24) is 0 Å². The molecule has 0 aliphatic carbocycles. The van der Waals surface area contributed by atoms with Gasteiger partial charge in [-0.15, -0.1) is 0 Å². The van der Waals surface area contributed by atoms with Crippen LogP contribution in [-0.2, 0) is 38.1 Å². The fourth-order valence-electron chi connectivity index (χ4n) is 2.27. The van der Waals surface area contributed by atoms with Gasteiger partial charge in [-0.1, -0.05) is 0 Å². The van der Waals surface area contributed by atoms with Gasteiger partial charge in [0.2, 0.25) is 0 Å². The van der Waals surface area contributed by atoms with Crippen LogP contribution in [0.5, 0.6) is 0 Å². The minimum atomic E-state index is -1.04. The van der Waals surface area contributed by atoms with Gasteiger partial charge >= 0.3 is 17.9 Å². The van der Waals surface area contributed by atoms with Crippen LogP contribution >= 0.6 is 0 Å². The lowest BCUT2D eigenvalue weighted by Gasteiger charge is -2.43. The Balaban J connectivity index is 3.01. The van der Waals surface area contributed by atoms with Crippen molar-refractivity contribution in [2.24, 2.45) is 11.5 Å². The van der Waals surface area contributed by atoms with Gasteiger partial charge in [-0.25, -0.2) is 0 Å². The smallest absolute Gasteiger partial charge is 0.303 e. The monoisotopic (exact) mass is 348 g/mol. The summed E-state index contributed by atoms with van der Waals surface area (Å²) in [5, 5.41) is 0. The van der Waals surface area contributed by atoms with Gasteiger partial charge in [-0.05, 0) is 0 Å². The number of hydrogen-bond acceptors (Lipinski definition) is 10. The highest BCUT2D eigenvalue weighted by Crippen LogP contribution is 2.26. The van der Waals surface area contributed by atoms with Crippen LogP contribution in [0.25, 0.3) is 0 Å². The van der Waals surface area contributed by atoms with Gasteiger partial charge in [0.25, 0.3) is 0 Å². The first kappa shape index (κ1) is 20.3. The van der Waals surface area contributed by atoms with E-state index in [1.165, 1.54) is 20.8 Å². The zero-order chi connectivity index (χ0) is 18.3.